The highest BCUT2D eigenvalue weighted by Gasteiger charge is 2.31. The molecule has 6 nitrogen and oxygen atoms in total. The molecule has 8 heteroatoms. The first-order valence-electron chi connectivity index (χ1n) is 5.83. The summed E-state index contributed by atoms with van der Waals surface area (Å²) in [6.45, 7) is -1.38. The van der Waals surface area contributed by atoms with Gasteiger partial charge in [0.2, 0.25) is 0 Å². The molecule has 1 aromatic heterocycles. The summed E-state index contributed by atoms with van der Waals surface area (Å²) in [7, 11) is 1.29. The zero-order valence-corrected chi connectivity index (χ0v) is 10.5. The molecule has 106 valence electrons. The molecule has 1 aliphatic rings. The van der Waals surface area contributed by atoms with Gasteiger partial charge in [-0.15, -0.1) is 0 Å². The van der Waals surface area contributed by atoms with Crippen molar-refractivity contribution in [2.24, 2.45) is 0 Å². The van der Waals surface area contributed by atoms with Crippen LogP contribution >= 0.6 is 0 Å². The van der Waals surface area contributed by atoms with Crippen molar-refractivity contribution >= 4 is 5.97 Å². The molecule has 0 amide bonds. The minimum absolute atomic E-state index is 0.153. The minimum Gasteiger partial charge on any atom is -0.468 e. The van der Waals surface area contributed by atoms with E-state index in [1.165, 1.54) is 19.5 Å². The lowest BCUT2D eigenvalue weighted by Gasteiger charge is -2.33. The fraction of sp³-hybridized carbons (Fsp3) is 0.636. The Bertz CT molecular complexity index is 439. The molecule has 0 saturated carbocycles. The Labute approximate surface area is 108 Å². The van der Waals surface area contributed by atoms with Crippen molar-refractivity contribution in [2.75, 3.05) is 26.9 Å². The maximum Gasteiger partial charge on any atom is 0.325 e. The highest BCUT2D eigenvalue weighted by molar-refractivity contribution is 5.75. The number of ether oxygens (including phenoxy) is 2. The van der Waals surface area contributed by atoms with Gasteiger partial charge in [-0.25, -0.2) is 4.98 Å². The van der Waals surface area contributed by atoms with Crippen molar-refractivity contribution in [2.45, 2.75) is 19.1 Å². The van der Waals surface area contributed by atoms with Crippen molar-refractivity contribution in [1.82, 2.24) is 14.5 Å². The molecule has 1 unspecified atom stereocenters. The van der Waals surface area contributed by atoms with Gasteiger partial charge in [-0.2, -0.15) is 8.78 Å². The number of hydrogen-bond donors (Lipinski definition) is 0. The van der Waals surface area contributed by atoms with Gasteiger partial charge in [0, 0.05) is 18.9 Å². The number of methoxy groups -OCH3 is 1. The lowest BCUT2D eigenvalue weighted by molar-refractivity contribution is -0.153. The fourth-order valence-electron chi connectivity index (χ4n) is 2.01. The van der Waals surface area contributed by atoms with Crippen LogP contribution in [0.15, 0.2) is 12.4 Å². The van der Waals surface area contributed by atoms with Crippen LogP contribution in [-0.2, 0) is 20.8 Å². The molecular weight excluding hydrogens is 260 g/mol. The Balaban J connectivity index is 2.11. The van der Waals surface area contributed by atoms with E-state index >= 15 is 0 Å². The Morgan fingerprint density at radius 2 is 2.47 bits per heavy atom. The topological polar surface area (TPSA) is 56.6 Å². The van der Waals surface area contributed by atoms with Gasteiger partial charge in [0.25, 0.3) is 0 Å². The molecule has 0 spiro atoms. The van der Waals surface area contributed by atoms with Gasteiger partial charge in [-0.1, -0.05) is 0 Å². The Hall–Kier alpha value is -1.54. The van der Waals surface area contributed by atoms with Gasteiger partial charge in [0.1, 0.15) is 11.9 Å². The summed E-state index contributed by atoms with van der Waals surface area (Å²) < 4.78 is 36.1. The zero-order valence-electron chi connectivity index (χ0n) is 10.5. The summed E-state index contributed by atoms with van der Waals surface area (Å²) in [6.07, 6.45) is 2.53. The van der Waals surface area contributed by atoms with Crippen molar-refractivity contribution < 1.29 is 23.0 Å². The van der Waals surface area contributed by atoms with E-state index in [-0.39, 0.29) is 19.0 Å². The summed E-state index contributed by atoms with van der Waals surface area (Å²) in [5, 5.41) is 0. The first-order valence-corrected chi connectivity index (χ1v) is 5.83. The average molecular weight is 275 g/mol. The number of nitrogens with zero attached hydrogens (tertiary/aromatic N) is 3. The van der Waals surface area contributed by atoms with Crippen molar-refractivity contribution in [3.63, 3.8) is 0 Å². The van der Waals surface area contributed by atoms with Gasteiger partial charge >= 0.3 is 12.5 Å². The largest absolute Gasteiger partial charge is 0.468 e. The maximum absolute atomic E-state index is 12.7. The number of carbonyl (C=O) groups excluding carboxylic acids is 1. The zero-order chi connectivity index (χ0) is 13.8. The van der Waals surface area contributed by atoms with Crippen molar-refractivity contribution in [3.8, 4) is 0 Å². The second kappa shape index (κ2) is 6.07. The number of aromatic nitrogens is 2. The number of carbonyl (C=O) groups is 1. The summed E-state index contributed by atoms with van der Waals surface area (Å²) in [4.78, 5) is 17.2. The summed E-state index contributed by atoms with van der Waals surface area (Å²) in [5.41, 5.74) is 0. The van der Waals surface area contributed by atoms with Crippen molar-refractivity contribution in [3.05, 3.63) is 18.2 Å². The van der Waals surface area contributed by atoms with E-state index < -0.39 is 18.6 Å². The molecule has 0 aliphatic carbocycles. The Kier molecular flexibility index (Phi) is 4.43. The predicted molar refractivity (Wildman–Crippen MR) is 60.5 cm³/mol. The maximum atomic E-state index is 12.7. The number of halogens is 2. The molecule has 0 aromatic carbocycles. The van der Waals surface area contributed by atoms with Crippen LogP contribution in [0.25, 0.3) is 0 Å². The number of esters is 1. The molecule has 2 rings (SSSR count). The first-order chi connectivity index (χ1) is 9.13. The molecule has 1 fully saturated rings. The number of rotatable bonds is 4. The molecule has 1 saturated heterocycles. The van der Waals surface area contributed by atoms with Crippen LogP contribution in [0.1, 0.15) is 12.4 Å². The standard InChI is InChI=1S/C11H15F2N3O3/c1-18-10(17)8-7-19-5-4-15(8)6-9-14-2-3-16(9)11(12)13/h2-3,8,11H,4-7H2,1H3. The molecule has 1 aliphatic heterocycles. The predicted octanol–water partition coefficient (Wildman–Crippen LogP) is 0.652. The van der Waals surface area contributed by atoms with E-state index in [0.717, 1.165) is 4.57 Å². The highest BCUT2D eigenvalue weighted by Crippen LogP contribution is 2.17. The third-order valence-corrected chi connectivity index (χ3v) is 3.02. The van der Waals surface area contributed by atoms with Crippen LogP contribution in [-0.4, -0.2) is 53.3 Å². The molecule has 0 bridgehead atoms. The Morgan fingerprint density at radius 1 is 1.68 bits per heavy atom. The molecule has 1 aromatic rings. The summed E-state index contributed by atoms with van der Waals surface area (Å²) >= 11 is 0. The van der Waals surface area contributed by atoms with Crippen LogP contribution < -0.4 is 0 Å². The van der Waals surface area contributed by atoms with Crippen LogP contribution in [0.2, 0.25) is 0 Å². The van der Waals surface area contributed by atoms with Crippen LogP contribution in [0.5, 0.6) is 0 Å². The first kappa shape index (κ1) is 13.9. The van der Waals surface area contributed by atoms with Gasteiger partial charge in [-0.3, -0.25) is 14.3 Å². The van der Waals surface area contributed by atoms with Gasteiger partial charge in [0.05, 0.1) is 26.9 Å². The summed E-state index contributed by atoms with van der Waals surface area (Å²) in [5.74, 6) is -0.222. The smallest absolute Gasteiger partial charge is 0.325 e. The van der Waals surface area contributed by atoms with E-state index in [0.29, 0.717) is 13.2 Å². The minimum atomic E-state index is -2.64. The third kappa shape index (κ3) is 3.07. The second-order valence-corrected chi connectivity index (χ2v) is 4.11. The summed E-state index contributed by atoms with van der Waals surface area (Å²) in [6, 6.07) is -0.582. The normalized spacial score (nSPS) is 20.7. The van der Waals surface area contributed by atoms with Gasteiger partial charge in [0.15, 0.2) is 0 Å². The van der Waals surface area contributed by atoms with Crippen LogP contribution in [0.4, 0.5) is 8.78 Å². The lowest BCUT2D eigenvalue weighted by Crippen LogP contribution is -2.50. The number of imidazole rings is 1. The molecular formula is C11H15F2N3O3. The van der Waals surface area contributed by atoms with Crippen LogP contribution in [0, 0.1) is 0 Å². The quantitative estimate of drug-likeness (QED) is 0.755. The Morgan fingerprint density at radius 3 is 3.16 bits per heavy atom. The van der Waals surface area contributed by atoms with Crippen LogP contribution in [0.3, 0.4) is 0 Å². The lowest BCUT2D eigenvalue weighted by atomic mass is 10.2. The molecule has 0 N–H and O–H groups in total. The van der Waals surface area contributed by atoms with E-state index in [1.807, 2.05) is 0 Å². The van der Waals surface area contributed by atoms with E-state index in [9.17, 15) is 13.6 Å². The van der Waals surface area contributed by atoms with Gasteiger partial charge in [-0.05, 0) is 0 Å². The highest BCUT2D eigenvalue weighted by atomic mass is 19.3. The second-order valence-electron chi connectivity index (χ2n) is 4.11. The van der Waals surface area contributed by atoms with Gasteiger partial charge < -0.3 is 9.47 Å². The molecule has 1 atom stereocenters. The molecule has 2 heterocycles. The third-order valence-electron chi connectivity index (χ3n) is 3.02. The van der Waals surface area contributed by atoms with E-state index in [4.69, 9.17) is 4.74 Å². The van der Waals surface area contributed by atoms with Crippen molar-refractivity contribution in [1.29, 1.82) is 0 Å². The molecule has 19 heavy (non-hydrogen) atoms. The van der Waals surface area contributed by atoms with E-state index in [1.54, 1.807) is 4.90 Å². The fourth-order valence-corrected chi connectivity index (χ4v) is 2.01. The number of hydrogen-bond acceptors (Lipinski definition) is 5. The average Bonchev–Trinajstić information content (AvgIpc) is 2.87. The molecule has 0 radical (unpaired) electrons. The SMILES string of the molecule is COC(=O)C1COCCN1Cc1nccn1C(F)F. The monoisotopic (exact) mass is 275 g/mol. The number of morpholine rings is 1. The number of alkyl halides is 2. The van der Waals surface area contributed by atoms with E-state index in [2.05, 4.69) is 9.72 Å².